The third-order valence-electron chi connectivity index (χ3n) is 4.95. The third kappa shape index (κ3) is 3.91. The van der Waals surface area contributed by atoms with Crippen LogP contribution in [0.2, 0.25) is 0 Å². The van der Waals surface area contributed by atoms with Gasteiger partial charge in [-0.15, -0.1) is 0 Å². The number of anilines is 1. The molecule has 0 saturated heterocycles. The smallest absolute Gasteiger partial charge is 0.229 e. The highest BCUT2D eigenvalue weighted by atomic mass is 32.2. The van der Waals surface area contributed by atoms with E-state index in [1.165, 1.54) is 30.7 Å². The summed E-state index contributed by atoms with van der Waals surface area (Å²) in [7, 11) is -3.71. The molecule has 1 amide bonds. The molecule has 29 heavy (non-hydrogen) atoms. The first-order valence-electron chi connectivity index (χ1n) is 9.32. The Kier molecular flexibility index (Phi) is 4.91. The molecule has 3 aromatic rings. The van der Waals surface area contributed by atoms with Crippen LogP contribution >= 0.6 is 0 Å². The minimum atomic E-state index is -3.71. The summed E-state index contributed by atoms with van der Waals surface area (Å²) in [5.74, 6) is 0.246. The van der Waals surface area contributed by atoms with E-state index in [0.29, 0.717) is 5.82 Å². The second kappa shape index (κ2) is 7.40. The lowest BCUT2D eigenvalue weighted by Gasteiger charge is -2.06. The summed E-state index contributed by atoms with van der Waals surface area (Å²) < 4.78 is 27.1. The minimum Gasteiger partial charge on any atom is -0.310 e. The summed E-state index contributed by atoms with van der Waals surface area (Å²) in [6, 6.07) is 6.82. The van der Waals surface area contributed by atoms with Crippen LogP contribution in [0, 0.1) is 5.92 Å². The Bertz CT molecular complexity index is 1120. The van der Waals surface area contributed by atoms with Crippen molar-refractivity contribution in [1.29, 1.82) is 0 Å². The van der Waals surface area contributed by atoms with Crippen LogP contribution in [-0.4, -0.2) is 34.1 Å². The average Bonchev–Trinajstić information content (AvgIpc) is 3.35. The van der Waals surface area contributed by atoms with E-state index in [4.69, 9.17) is 0 Å². The third-order valence-corrected chi connectivity index (χ3v) is 6.65. The number of carbonyl (C=O) groups is 1. The highest BCUT2D eigenvalue weighted by molar-refractivity contribution is 7.91. The molecule has 0 aromatic carbocycles. The Balaban J connectivity index is 1.43. The number of sulfone groups is 1. The standard InChI is InChI=1S/C20H21N5O3S/c1-13(2)25-12-16(11-23-25)29(27,28)15-5-6-19(22-10-15)24-20(26)18-8-17(18)14-4-3-7-21-9-14/h3-7,9-13,17-18H,8H2,1-2H3,(H,22,24,26). The van der Waals surface area contributed by atoms with Crippen LogP contribution < -0.4 is 5.32 Å². The predicted octanol–water partition coefficient (Wildman–Crippen LogP) is 2.83. The molecule has 0 aliphatic heterocycles. The Hall–Kier alpha value is -3.07. The monoisotopic (exact) mass is 411 g/mol. The molecule has 0 spiro atoms. The Morgan fingerprint density at radius 3 is 2.62 bits per heavy atom. The lowest BCUT2D eigenvalue weighted by Crippen LogP contribution is -2.15. The lowest BCUT2D eigenvalue weighted by atomic mass is 10.1. The molecule has 1 aliphatic rings. The number of carbonyl (C=O) groups excluding carboxylic acids is 1. The van der Waals surface area contributed by atoms with Crippen LogP contribution in [-0.2, 0) is 14.6 Å². The summed E-state index contributed by atoms with van der Waals surface area (Å²) in [6.07, 6.45) is 8.33. The van der Waals surface area contributed by atoms with Crippen molar-refractivity contribution in [3.8, 4) is 0 Å². The second-order valence-electron chi connectivity index (χ2n) is 7.36. The molecule has 2 unspecified atom stereocenters. The van der Waals surface area contributed by atoms with E-state index in [9.17, 15) is 13.2 Å². The van der Waals surface area contributed by atoms with E-state index >= 15 is 0 Å². The summed E-state index contributed by atoms with van der Waals surface area (Å²) in [6.45, 7) is 3.84. The van der Waals surface area contributed by atoms with Crippen LogP contribution in [0.3, 0.4) is 0 Å². The second-order valence-corrected chi connectivity index (χ2v) is 9.31. The van der Waals surface area contributed by atoms with Gasteiger partial charge >= 0.3 is 0 Å². The fraction of sp³-hybridized carbons (Fsp3) is 0.300. The van der Waals surface area contributed by atoms with Crippen molar-refractivity contribution >= 4 is 21.6 Å². The van der Waals surface area contributed by atoms with Crippen LogP contribution in [0.1, 0.15) is 37.8 Å². The molecule has 4 rings (SSSR count). The maximum Gasteiger partial charge on any atom is 0.229 e. The van der Waals surface area contributed by atoms with E-state index in [2.05, 4.69) is 20.4 Å². The van der Waals surface area contributed by atoms with Gasteiger partial charge in [-0.2, -0.15) is 5.10 Å². The van der Waals surface area contributed by atoms with E-state index < -0.39 is 9.84 Å². The van der Waals surface area contributed by atoms with Gasteiger partial charge in [0, 0.05) is 36.7 Å². The molecule has 150 valence electrons. The number of hydrogen-bond donors (Lipinski definition) is 1. The van der Waals surface area contributed by atoms with Gasteiger partial charge in [-0.05, 0) is 49.9 Å². The normalized spacial score (nSPS) is 18.6. The number of nitrogens with one attached hydrogen (secondary N) is 1. The maximum absolute atomic E-state index is 12.7. The van der Waals surface area contributed by atoms with Crippen molar-refractivity contribution in [2.45, 2.75) is 42.0 Å². The fourth-order valence-corrected chi connectivity index (χ4v) is 4.30. The summed E-state index contributed by atoms with van der Waals surface area (Å²) in [4.78, 5) is 20.8. The summed E-state index contributed by atoms with van der Waals surface area (Å²) in [5, 5.41) is 6.84. The van der Waals surface area contributed by atoms with Gasteiger partial charge in [0.15, 0.2) is 0 Å². The molecule has 0 radical (unpaired) electrons. The molecule has 1 fully saturated rings. The molecule has 0 bridgehead atoms. The van der Waals surface area contributed by atoms with Gasteiger partial charge in [-0.25, -0.2) is 13.4 Å². The predicted molar refractivity (Wildman–Crippen MR) is 106 cm³/mol. The highest BCUT2D eigenvalue weighted by Gasteiger charge is 2.44. The molecule has 9 heteroatoms. The first-order valence-corrected chi connectivity index (χ1v) is 10.8. The van der Waals surface area contributed by atoms with E-state index in [0.717, 1.165) is 12.0 Å². The van der Waals surface area contributed by atoms with Crippen LogP contribution in [0.15, 0.2) is 65.0 Å². The largest absolute Gasteiger partial charge is 0.310 e. The van der Waals surface area contributed by atoms with Gasteiger partial charge in [0.2, 0.25) is 15.7 Å². The zero-order valence-corrected chi connectivity index (χ0v) is 16.9. The molecule has 1 N–H and O–H groups in total. The molecule has 1 aliphatic carbocycles. The van der Waals surface area contributed by atoms with E-state index in [1.54, 1.807) is 17.1 Å². The van der Waals surface area contributed by atoms with Crippen LogP contribution in [0.25, 0.3) is 0 Å². The maximum atomic E-state index is 12.7. The van der Waals surface area contributed by atoms with Crippen molar-refractivity contribution in [3.63, 3.8) is 0 Å². The van der Waals surface area contributed by atoms with Crippen LogP contribution in [0.5, 0.6) is 0 Å². The number of hydrogen-bond acceptors (Lipinski definition) is 6. The number of pyridine rings is 2. The molecule has 8 nitrogen and oxygen atoms in total. The van der Waals surface area contributed by atoms with Crippen molar-refractivity contribution in [1.82, 2.24) is 19.7 Å². The number of rotatable bonds is 6. The number of nitrogens with zero attached hydrogens (tertiary/aromatic N) is 4. The zero-order valence-electron chi connectivity index (χ0n) is 16.1. The quantitative estimate of drug-likeness (QED) is 0.668. The summed E-state index contributed by atoms with van der Waals surface area (Å²) >= 11 is 0. The molecule has 3 aromatic heterocycles. The van der Waals surface area contributed by atoms with E-state index in [-0.39, 0.29) is 33.6 Å². The Morgan fingerprint density at radius 2 is 2.00 bits per heavy atom. The topological polar surface area (TPSA) is 107 Å². The highest BCUT2D eigenvalue weighted by Crippen LogP contribution is 2.47. The lowest BCUT2D eigenvalue weighted by molar-refractivity contribution is -0.117. The van der Waals surface area contributed by atoms with Crippen molar-refractivity contribution in [3.05, 3.63) is 60.8 Å². The van der Waals surface area contributed by atoms with Gasteiger partial charge in [-0.3, -0.25) is 14.5 Å². The number of aromatic nitrogens is 4. The minimum absolute atomic E-state index is 0.0541. The SMILES string of the molecule is CC(C)n1cc(S(=O)(=O)c2ccc(NC(=O)C3CC3c3cccnc3)nc2)cn1. The van der Waals surface area contributed by atoms with Crippen molar-refractivity contribution in [2.75, 3.05) is 5.32 Å². The molecule has 2 atom stereocenters. The van der Waals surface area contributed by atoms with Gasteiger partial charge in [0.05, 0.1) is 11.1 Å². The first kappa shape index (κ1) is 19.3. The Morgan fingerprint density at radius 1 is 1.17 bits per heavy atom. The van der Waals surface area contributed by atoms with E-state index in [1.807, 2.05) is 26.0 Å². The zero-order chi connectivity index (χ0) is 20.6. The van der Waals surface area contributed by atoms with Gasteiger partial charge in [0.1, 0.15) is 10.7 Å². The van der Waals surface area contributed by atoms with Gasteiger partial charge in [0.25, 0.3) is 0 Å². The van der Waals surface area contributed by atoms with Crippen molar-refractivity contribution in [2.24, 2.45) is 5.92 Å². The Labute approximate surface area is 168 Å². The molecular formula is C20H21N5O3S. The van der Waals surface area contributed by atoms with Crippen molar-refractivity contribution < 1.29 is 13.2 Å². The fourth-order valence-electron chi connectivity index (χ4n) is 3.16. The van der Waals surface area contributed by atoms with Gasteiger partial charge in [-0.1, -0.05) is 6.07 Å². The molecule has 3 heterocycles. The summed E-state index contributed by atoms with van der Waals surface area (Å²) in [5.41, 5.74) is 1.05. The molecular weight excluding hydrogens is 390 g/mol. The van der Waals surface area contributed by atoms with Gasteiger partial charge < -0.3 is 5.32 Å². The first-order chi connectivity index (χ1) is 13.9. The van der Waals surface area contributed by atoms with Crippen LogP contribution in [0.4, 0.5) is 5.82 Å². The molecule has 1 saturated carbocycles. The average molecular weight is 411 g/mol. The number of amides is 1.